The molecule has 12 nitrogen and oxygen atoms in total. The van der Waals surface area contributed by atoms with Crippen LogP contribution >= 0.6 is 0 Å². The highest BCUT2D eigenvalue weighted by Crippen LogP contribution is 2.26. The van der Waals surface area contributed by atoms with E-state index in [1.807, 2.05) is 0 Å². The van der Waals surface area contributed by atoms with Crippen molar-refractivity contribution < 1.29 is 56.2 Å². The molecule has 6 atom stereocenters. The SMILES string of the molecule is CCCCCCCC/C=C\CCCCCCCCCC(=O)OC(COCCCCCCCCCCCCCCCCC)COC1OC(CO)C(O)C(OS(=O)(=O)O)C1O. The molecule has 0 bridgehead atoms. The number of carbonyl (C=O) groups is 1. The quantitative estimate of drug-likeness (QED) is 0.0198. The van der Waals surface area contributed by atoms with Crippen LogP contribution in [0.15, 0.2) is 12.2 Å². The number of hydrogen-bond acceptors (Lipinski definition) is 11. The van der Waals surface area contributed by atoms with E-state index < -0.39 is 59.8 Å². The largest absolute Gasteiger partial charge is 0.457 e. The molecule has 1 aliphatic rings. The average molecular weight is 865 g/mol. The summed E-state index contributed by atoms with van der Waals surface area (Å²) >= 11 is 0. The number of aliphatic hydroxyl groups is 3. The van der Waals surface area contributed by atoms with Crippen molar-refractivity contribution in [3.8, 4) is 0 Å². The molecular weight excluding hydrogens is 777 g/mol. The molecule has 1 heterocycles. The normalized spacial score (nSPS) is 20.4. The van der Waals surface area contributed by atoms with Gasteiger partial charge in [-0.25, -0.2) is 4.18 Å². The summed E-state index contributed by atoms with van der Waals surface area (Å²) in [6.07, 6.45) is 32.4. The van der Waals surface area contributed by atoms with Crippen LogP contribution in [0.1, 0.15) is 213 Å². The second-order valence-corrected chi connectivity index (χ2v) is 17.8. The molecule has 0 aliphatic carbocycles. The molecular formula is C46H88O12S. The van der Waals surface area contributed by atoms with Gasteiger partial charge in [0.2, 0.25) is 0 Å². The predicted octanol–water partition coefficient (Wildman–Crippen LogP) is 10.2. The molecule has 0 aromatic heterocycles. The second-order valence-electron chi connectivity index (χ2n) is 16.7. The first kappa shape index (κ1) is 55.9. The van der Waals surface area contributed by atoms with E-state index in [1.165, 1.54) is 141 Å². The summed E-state index contributed by atoms with van der Waals surface area (Å²) in [5.41, 5.74) is 0. The zero-order valence-corrected chi connectivity index (χ0v) is 38.1. The minimum atomic E-state index is -5.06. The molecule has 0 radical (unpaired) electrons. The lowest BCUT2D eigenvalue weighted by atomic mass is 9.99. The van der Waals surface area contributed by atoms with Crippen molar-refractivity contribution in [3.05, 3.63) is 12.2 Å². The van der Waals surface area contributed by atoms with Crippen LogP contribution in [0.2, 0.25) is 0 Å². The molecule has 6 unspecified atom stereocenters. The summed E-state index contributed by atoms with van der Waals surface area (Å²) in [5, 5.41) is 30.7. The Kier molecular flexibility index (Phi) is 36.5. The van der Waals surface area contributed by atoms with Crippen molar-refractivity contribution in [2.45, 2.75) is 250 Å². The third kappa shape index (κ3) is 32.2. The molecule has 0 spiro atoms. The van der Waals surface area contributed by atoms with Crippen LogP contribution in [0.4, 0.5) is 0 Å². The first-order chi connectivity index (χ1) is 28.6. The molecule has 0 amide bonds. The molecule has 1 rings (SSSR count). The predicted molar refractivity (Wildman–Crippen MR) is 234 cm³/mol. The zero-order chi connectivity index (χ0) is 43.2. The smallest absolute Gasteiger partial charge is 0.397 e. The van der Waals surface area contributed by atoms with Gasteiger partial charge >= 0.3 is 16.4 Å². The van der Waals surface area contributed by atoms with Crippen LogP contribution in [0.25, 0.3) is 0 Å². The standard InChI is InChI=1S/C46H88O12S/c1-3-5-7-9-11-13-15-17-19-20-21-23-25-27-29-31-33-35-42(48)56-40(39-55-46-44(50)45(58-59(51,52)53)43(49)41(37-47)57-46)38-54-36-34-32-30-28-26-24-22-18-16-14-12-10-8-6-4-2/h17,19,40-41,43-47,49-50H,3-16,18,20-39H2,1-2H3,(H,51,52,53)/b19-17-. The van der Waals surface area contributed by atoms with Crippen molar-refractivity contribution in [3.63, 3.8) is 0 Å². The number of hydrogen-bond donors (Lipinski definition) is 4. The number of unbranched alkanes of at least 4 members (excludes halogenated alkanes) is 27. The molecule has 1 saturated heterocycles. The molecule has 1 fully saturated rings. The van der Waals surface area contributed by atoms with Gasteiger partial charge in [-0.05, 0) is 38.5 Å². The highest BCUT2D eigenvalue weighted by molar-refractivity contribution is 7.80. The van der Waals surface area contributed by atoms with E-state index in [0.29, 0.717) is 13.0 Å². The van der Waals surface area contributed by atoms with Crippen molar-refractivity contribution in [1.29, 1.82) is 0 Å². The van der Waals surface area contributed by atoms with E-state index in [1.54, 1.807) is 0 Å². The highest BCUT2D eigenvalue weighted by Gasteiger charge is 2.48. The van der Waals surface area contributed by atoms with Gasteiger partial charge in [0.25, 0.3) is 0 Å². The summed E-state index contributed by atoms with van der Waals surface area (Å²) in [6, 6.07) is 0. The Morgan fingerprint density at radius 3 is 1.53 bits per heavy atom. The van der Waals surface area contributed by atoms with Gasteiger partial charge in [-0.1, -0.05) is 180 Å². The van der Waals surface area contributed by atoms with E-state index in [2.05, 4.69) is 30.2 Å². The second kappa shape index (κ2) is 38.5. The molecule has 0 aromatic rings. The van der Waals surface area contributed by atoms with Gasteiger partial charge in [0, 0.05) is 13.0 Å². The number of aliphatic hydroxyl groups excluding tert-OH is 3. The molecule has 350 valence electrons. The molecule has 0 aromatic carbocycles. The fourth-order valence-corrected chi connectivity index (χ4v) is 8.00. The Balaban J connectivity index is 2.40. The third-order valence-electron chi connectivity index (χ3n) is 11.1. The van der Waals surface area contributed by atoms with Crippen LogP contribution < -0.4 is 0 Å². The van der Waals surface area contributed by atoms with Crippen molar-refractivity contribution in [2.24, 2.45) is 0 Å². The maximum Gasteiger partial charge on any atom is 0.397 e. The van der Waals surface area contributed by atoms with E-state index in [-0.39, 0.29) is 19.6 Å². The van der Waals surface area contributed by atoms with Gasteiger partial charge in [-0.3, -0.25) is 9.35 Å². The number of carbonyl (C=O) groups excluding carboxylic acids is 1. The van der Waals surface area contributed by atoms with Crippen LogP contribution in [0.5, 0.6) is 0 Å². The van der Waals surface area contributed by atoms with E-state index >= 15 is 0 Å². The van der Waals surface area contributed by atoms with Gasteiger partial charge < -0.3 is 34.3 Å². The lowest BCUT2D eigenvalue weighted by molar-refractivity contribution is -0.301. The maximum absolute atomic E-state index is 12.9. The number of allylic oxidation sites excluding steroid dienone is 2. The van der Waals surface area contributed by atoms with Crippen LogP contribution in [0.3, 0.4) is 0 Å². The summed E-state index contributed by atoms with van der Waals surface area (Å²) < 4.78 is 59.1. The fourth-order valence-electron chi connectivity index (χ4n) is 7.49. The summed E-state index contributed by atoms with van der Waals surface area (Å²) in [7, 11) is -5.06. The van der Waals surface area contributed by atoms with Gasteiger partial charge in [0.1, 0.15) is 30.5 Å². The Hall–Kier alpha value is -1.16. The Morgan fingerprint density at radius 1 is 0.627 bits per heavy atom. The third-order valence-corrected chi connectivity index (χ3v) is 11.6. The van der Waals surface area contributed by atoms with Crippen molar-refractivity contribution in [2.75, 3.05) is 26.4 Å². The first-order valence-corrected chi connectivity index (χ1v) is 25.3. The molecule has 0 saturated carbocycles. The van der Waals surface area contributed by atoms with Crippen molar-refractivity contribution in [1.82, 2.24) is 0 Å². The number of ether oxygens (including phenoxy) is 4. The Labute approximate surface area is 359 Å². The van der Waals surface area contributed by atoms with Gasteiger partial charge in [-0.2, -0.15) is 8.42 Å². The Morgan fingerprint density at radius 2 is 1.07 bits per heavy atom. The van der Waals surface area contributed by atoms with Gasteiger partial charge in [-0.15, -0.1) is 0 Å². The topological polar surface area (TPSA) is 178 Å². The van der Waals surface area contributed by atoms with Crippen LogP contribution in [-0.2, 0) is 38.3 Å². The molecule has 4 N–H and O–H groups in total. The zero-order valence-electron chi connectivity index (χ0n) is 37.3. The lowest BCUT2D eigenvalue weighted by Crippen LogP contribution is -2.60. The van der Waals surface area contributed by atoms with Crippen molar-refractivity contribution >= 4 is 16.4 Å². The molecule has 59 heavy (non-hydrogen) atoms. The minimum absolute atomic E-state index is 0.0401. The highest BCUT2D eigenvalue weighted by atomic mass is 32.3. The summed E-state index contributed by atoms with van der Waals surface area (Å²) in [5.74, 6) is -0.400. The average Bonchev–Trinajstić information content (AvgIpc) is 3.20. The van der Waals surface area contributed by atoms with Gasteiger partial charge in [0.15, 0.2) is 6.29 Å². The van der Waals surface area contributed by atoms with E-state index in [0.717, 1.165) is 44.9 Å². The first-order valence-electron chi connectivity index (χ1n) is 23.9. The Bertz CT molecular complexity index is 1090. The fraction of sp³-hybridized carbons (Fsp3) is 0.935. The number of rotatable bonds is 42. The summed E-state index contributed by atoms with van der Waals surface area (Å²) in [6.45, 7) is 4.01. The summed E-state index contributed by atoms with van der Waals surface area (Å²) in [4.78, 5) is 12.9. The maximum atomic E-state index is 12.9. The van der Waals surface area contributed by atoms with Crippen LogP contribution in [-0.4, -0.2) is 97.5 Å². The molecule has 1 aliphatic heterocycles. The lowest BCUT2D eigenvalue weighted by Gasteiger charge is -2.41. The van der Waals surface area contributed by atoms with E-state index in [4.69, 9.17) is 23.5 Å². The number of esters is 1. The van der Waals surface area contributed by atoms with E-state index in [9.17, 15) is 28.5 Å². The minimum Gasteiger partial charge on any atom is -0.457 e. The monoisotopic (exact) mass is 865 g/mol. The molecule has 13 heteroatoms. The van der Waals surface area contributed by atoms with Crippen LogP contribution in [0, 0.1) is 0 Å². The van der Waals surface area contributed by atoms with Gasteiger partial charge in [0.05, 0.1) is 19.8 Å².